The molecule has 34 heavy (non-hydrogen) atoms. The maximum Gasteiger partial charge on any atom is 0.253 e. The predicted molar refractivity (Wildman–Crippen MR) is 124 cm³/mol. The van der Waals surface area contributed by atoms with Crippen molar-refractivity contribution >= 4 is 35.2 Å². The molecule has 0 aromatic rings. The van der Waals surface area contributed by atoms with Crippen LogP contribution in [0.25, 0.3) is 0 Å². The summed E-state index contributed by atoms with van der Waals surface area (Å²) in [7, 11) is 0. The van der Waals surface area contributed by atoms with E-state index in [1.165, 1.54) is 31.2 Å². The summed E-state index contributed by atoms with van der Waals surface area (Å²) in [5.41, 5.74) is 0.287. The minimum atomic E-state index is -0.404. The van der Waals surface area contributed by atoms with Gasteiger partial charge in [-0.3, -0.25) is 33.7 Å². The van der Waals surface area contributed by atoms with Crippen LogP contribution in [0.3, 0.4) is 0 Å². The zero-order valence-corrected chi connectivity index (χ0v) is 19.6. The third-order valence-electron chi connectivity index (χ3n) is 4.79. The van der Waals surface area contributed by atoms with Crippen LogP contribution in [0, 0.1) is 0 Å². The van der Waals surface area contributed by atoms with Crippen LogP contribution in [-0.2, 0) is 33.5 Å². The molecule has 0 saturated heterocycles. The number of nitrogens with zero attached hydrogens (tertiary/aromatic N) is 1. The molecule has 4 amide bonds. The number of hydrogen-bond acceptors (Lipinski definition) is 7. The molecule has 0 fully saturated rings. The zero-order chi connectivity index (χ0) is 25.3. The second-order valence-corrected chi connectivity index (χ2v) is 7.70. The lowest BCUT2D eigenvalue weighted by Gasteiger charge is -2.13. The molecular weight excluding hydrogens is 442 g/mol. The van der Waals surface area contributed by atoms with Gasteiger partial charge >= 0.3 is 0 Å². The van der Waals surface area contributed by atoms with E-state index in [9.17, 15) is 28.8 Å². The molecule has 0 radical (unpaired) electrons. The average Bonchev–Trinajstić information content (AvgIpc) is 3.12. The third kappa shape index (κ3) is 12.6. The summed E-state index contributed by atoms with van der Waals surface area (Å²) < 4.78 is 5.45. The average molecular weight is 476 g/mol. The Morgan fingerprint density at radius 1 is 0.882 bits per heavy atom. The highest BCUT2D eigenvalue weighted by Crippen LogP contribution is 2.05. The third-order valence-corrected chi connectivity index (χ3v) is 4.79. The molecule has 10 nitrogen and oxygen atoms in total. The van der Waals surface area contributed by atoms with E-state index < -0.39 is 11.8 Å². The van der Waals surface area contributed by atoms with Crippen LogP contribution in [0.1, 0.15) is 45.4 Å². The van der Waals surface area contributed by atoms with Crippen LogP contribution in [0.4, 0.5) is 0 Å². The first-order valence-corrected chi connectivity index (χ1v) is 11.3. The first-order chi connectivity index (χ1) is 16.2. The Morgan fingerprint density at radius 3 is 2.21 bits per heavy atom. The van der Waals surface area contributed by atoms with Gasteiger partial charge in [-0.15, -0.1) is 0 Å². The molecular formula is C24H33N3O7. The topological polar surface area (TPSA) is 139 Å². The number of rotatable bonds is 18. The summed E-state index contributed by atoms with van der Waals surface area (Å²) in [5, 5.41) is 5.46. The van der Waals surface area contributed by atoms with Gasteiger partial charge in [-0.05, 0) is 50.3 Å². The molecule has 0 unspecified atom stereocenters. The molecule has 0 aliphatic carbocycles. The smallest absolute Gasteiger partial charge is 0.253 e. The lowest BCUT2D eigenvalue weighted by molar-refractivity contribution is -0.137. The maximum absolute atomic E-state index is 11.8. The number of amides is 4. The SMILES string of the molecule is C=C(CCC(=O)NCCCCCOCCNC(=O)CCN1C(=O)C=CC1=O)C(=O)/C=C\C(C)=O. The fourth-order valence-electron chi connectivity index (χ4n) is 2.84. The molecule has 1 aliphatic rings. The van der Waals surface area contributed by atoms with Gasteiger partial charge in [0.25, 0.3) is 11.8 Å². The lowest BCUT2D eigenvalue weighted by atomic mass is 10.1. The normalized spacial score (nSPS) is 12.9. The first kappa shape index (κ1) is 28.6. The fraction of sp³-hybridized carbons (Fsp3) is 0.500. The van der Waals surface area contributed by atoms with E-state index in [-0.39, 0.29) is 54.8 Å². The number of carbonyl (C=O) groups is 6. The van der Waals surface area contributed by atoms with Crippen LogP contribution >= 0.6 is 0 Å². The highest BCUT2D eigenvalue weighted by molar-refractivity contribution is 6.13. The van der Waals surface area contributed by atoms with Crippen molar-refractivity contribution in [3.8, 4) is 0 Å². The summed E-state index contributed by atoms with van der Waals surface area (Å²) in [6.45, 7) is 6.79. The van der Waals surface area contributed by atoms with E-state index in [0.29, 0.717) is 26.3 Å². The summed E-state index contributed by atoms with van der Waals surface area (Å²) in [4.78, 5) is 69.9. The van der Waals surface area contributed by atoms with Gasteiger partial charge < -0.3 is 15.4 Å². The zero-order valence-electron chi connectivity index (χ0n) is 19.6. The molecule has 0 saturated carbocycles. The van der Waals surface area contributed by atoms with E-state index in [2.05, 4.69) is 17.2 Å². The van der Waals surface area contributed by atoms with Gasteiger partial charge in [-0.25, -0.2) is 0 Å². The number of hydrogen-bond donors (Lipinski definition) is 2. The quantitative estimate of drug-likeness (QED) is 0.170. The standard InChI is InChI=1S/C24H33N3O7/c1-18(20(29)8-7-19(2)28)6-9-21(30)25-13-4-3-5-16-34-17-14-26-22(31)12-15-27-23(32)10-11-24(27)33/h7-8,10-11H,1,3-6,9,12-17H2,2H3,(H,25,30)(H,26,31)/b8-7-. The van der Waals surface area contributed by atoms with Gasteiger partial charge in [0.15, 0.2) is 11.6 Å². The Balaban J connectivity index is 1.94. The van der Waals surface area contributed by atoms with Gasteiger partial charge in [0, 0.05) is 51.2 Å². The molecule has 0 bridgehead atoms. The Kier molecular flexibility index (Phi) is 13.7. The Hall–Kier alpha value is -3.40. The minimum absolute atomic E-state index is 0.0478. The van der Waals surface area contributed by atoms with E-state index in [0.717, 1.165) is 24.2 Å². The van der Waals surface area contributed by atoms with Gasteiger partial charge in [-0.1, -0.05) is 6.58 Å². The van der Waals surface area contributed by atoms with Crippen LogP contribution in [0.5, 0.6) is 0 Å². The maximum atomic E-state index is 11.8. The van der Waals surface area contributed by atoms with Crippen molar-refractivity contribution in [2.75, 3.05) is 32.8 Å². The molecule has 10 heteroatoms. The predicted octanol–water partition coefficient (Wildman–Crippen LogP) is 0.772. The van der Waals surface area contributed by atoms with Crippen molar-refractivity contribution < 1.29 is 33.5 Å². The van der Waals surface area contributed by atoms with Crippen molar-refractivity contribution in [1.29, 1.82) is 0 Å². The number of unbranched alkanes of at least 4 members (excludes halogenated alkanes) is 2. The number of allylic oxidation sites excluding steroid dienone is 3. The Bertz CT molecular complexity index is 828. The van der Waals surface area contributed by atoms with E-state index in [4.69, 9.17) is 4.74 Å². The summed E-state index contributed by atoms with van der Waals surface area (Å²) in [6.07, 6.45) is 7.61. The van der Waals surface area contributed by atoms with Gasteiger partial charge in [0.2, 0.25) is 11.8 Å². The highest BCUT2D eigenvalue weighted by Gasteiger charge is 2.23. The van der Waals surface area contributed by atoms with Crippen molar-refractivity contribution in [2.45, 2.75) is 45.4 Å². The minimum Gasteiger partial charge on any atom is -0.380 e. The Labute approximate surface area is 199 Å². The molecule has 0 spiro atoms. The summed E-state index contributed by atoms with van der Waals surface area (Å²) >= 11 is 0. The molecule has 0 aromatic carbocycles. The fourth-order valence-corrected chi connectivity index (χ4v) is 2.84. The van der Waals surface area contributed by atoms with Crippen molar-refractivity contribution in [1.82, 2.24) is 15.5 Å². The molecule has 0 atom stereocenters. The summed E-state index contributed by atoms with van der Waals surface area (Å²) in [5.74, 6) is -1.80. The van der Waals surface area contributed by atoms with E-state index >= 15 is 0 Å². The Morgan fingerprint density at radius 2 is 1.53 bits per heavy atom. The molecule has 1 heterocycles. The molecule has 1 aliphatic heterocycles. The largest absolute Gasteiger partial charge is 0.380 e. The van der Waals surface area contributed by atoms with Crippen molar-refractivity contribution in [2.24, 2.45) is 0 Å². The van der Waals surface area contributed by atoms with Gasteiger partial charge in [-0.2, -0.15) is 0 Å². The van der Waals surface area contributed by atoms with Gasteiger partial charge in [0.05, 0.1) is 6.61 Å². The number of carbonyl (C=O) groups excluding carboxylic acids is 6. The van der Waals surface area contributed by atoms with Crippen LogP contribution in [-0.4, -0.2) is 72.9 Å². The van der Waals surface area contributed by atoms with Crippen molar-refractivity contribution in [3.63, 3.8) is 0 Å². The second kappa shape index (κ2) is 16.2. The van der Waals surface area contributed by atoms with Crippen LogP contribution < -0.4 is 10.6 Å². The van der Waals surface area contributed by atoms with Crippen molar-refractivity contribution in [3.05, 3.63) is 36.5 Å². The first-order valence-electron chi connectivity index (χ1n) is 11.3. The molecule has 2 N–H and O–H groups in total. The monoisotopic (exact) mass is 475 g/mol. The van der Waals surface area contributed by atoms with Gasteiger partial charge in [0.1, 0.15) is 0 Å². The molecule has 186 valence electrons. The number of ether oxygens (including phenoxy) is 1. The van der Waals surface area contributed by atoms with Crippen LogP contribution in [0.2, 0.25) is 0 Å². The highest BCUT2D eigenvalue weighted by atomic mass is 16.5. The summed E-state index contributed by atoms with van der Waals surface area (Å²) in [6, 6.07) is 0. The number of imide groups is 1. The molecule has 0 aromatic heterocycles. The number of nitrogens with one attached hydrogen (secondary N) is 2. The second-order valence-electron chi connectivity index (χ2n) is 7.70. The molecule has 1 rings (SSSR count). The van der Waals surface area contributed by atoms with E-state index in [1.54, 1.807) is 0 Å². The number of ketones is 2. The lowest BCUT2D eigenvalue weighted by Crippen LogP contribution is -2.35. The van der Waals surface area contributed by atoms with Crippen LogP contribution in [0.15, 0.2) is 36.5 Å². The van der Waals surface area contributed by atoms with E-state index in [1.807, 2.05) is 0 Å².